The average molecular weight is 306 g/mol. The van der Waals surface area contributed by atoms with Crippen LogP contribution in [0.2, 0.25) is 0 Å². The van der Waals surface area contributed by atoms with E-state index in [0.29, 0.717) is 11.6 Å². The fraction of sp³-hybridized carbons (Fsp3) is 0.286. The summed E-state index contributed by atoms with van der Waals surface area (Å²) in [6.07, 6.45) is 1.61. The van der Waals surface area contributed by atoms with E-state index in [1.54, 1.807) is 41.4 Å². The van der Waals surface area contributed by atoms with E-state index >= 15 is 0 Å². The van der Waals surface area contributed by atoms with Crippen LogP contribution in [0.4, 0.5) is 5.95 Å². The Morgan fingerprint density at radius 3 is 2.43 bits per heavy atom. The molecule has 0 atom stereocenters. The lowest BCUT2D eigenvalue weighted by molar-refractivity contribution is 0.580. The smallest absolute Gasteiger partial charge is 0.240 e. The van der Waals surface area contributed by atoms with Crippen LogP contribution in [0.5, 0.6) is 0 Å². The van der Waals surface area contributed by atoms with Gasteiger partial charge in [0.15, 0.2) is 0 Å². The summed E-state index contributed by atoms with van der Waals surface area (Å²) in [5.41, 5.74) is 1.63. The minimum atomic E-state index is -3.53. The third-order valence-corrected chi connectivity index (χ3v) is 4.29. The summed E-state index contributed by atoms with van der Waals surface area (Å²) in [6.45, 7) is 2.03. The van der Waals surface area contributed by atoms with E-state index in [1.807, 2.05) is 21.0 Å². The summed E-state index contributed by atoms with van der Waals surface area (Å²) in [7, 11) is 0.126. The van der Waals surface area contributed by atoms with E-state index in [2.05, 4.69) is 14.7 Å². The van der Waals surface area contributed by atoms with Crippen molar-refractivity contribution >= 4 is 16.0 Å². The molecule has 0 unspecified atom stereocenters. The van der Waals surface area contributed by atoms with Gasteiger partial charge in [-0.25, -0.2) is 23.1 Å². The minimum absolute atomic E-state index is 0.125. The Morgan fingerprint density at radius 2 is 1.81 bits per heavy atom. The number of hydrogen-bond donors (Lipinski definition) is 1. The molecule has 0 saturated heterocycles. The van der Waals surface area contributed by atoms with Crippen LogP contribution in [0, 0.1) is 6.92 Å². The first-order chi connectivity index (χ1) is 9.88. The van der Waals surface area contributed by atoms with Gasteiger partial charge < -0.3 is 4.90 Å². The molecule has 1 aromatic carbocycles. The molecule has 0 amide bonds. The highest BCUT2D eigenvalue weighted by Gasteiger charge is 2.13. The van der Waals surface area contributed by atoms with Gasteiger partial charge in [-0.05, 0) is 25.1 Å². The normalized spacial score (nSPS) is 11.4. The van der Waals surface area contributed by atoms with Crippen molar-refractivity contribution in [1.82, 2.24) is 14.7 Å². The molecule has 0 fully saturated rings. The molecule has 0 aliphatic rings. The predicted molar refractivity (Wildman–Crippen MR) is 81.6 cm³/mol. The van der Waals surface area contributed by atoms with Gasteiger partial charge in [-0.15, -0.1) is 0 Å². The van der Waals surface area contributed by atoms with Gasteiger partial charge in [-0.1, -0.05) is 17.7 Å². The van der Waals surface area contributed by atoms with Crippen molar-refractivity contribution in [2.75, 3.05) is 19.0 Å². The summed E-state index contributed by atoms with van der Waals surface area (Å²) in [6, 6.07) is 8.39. The van der Waals surface area contributed by atoms with E-state index in [0.717, 1.165) is 5.56 Å². The lowest BCUT2D eigenvalue weighted by Crippen LogP contribution is -2.24. The molecule has 21 heavy (non-hydrogen) atoms. The van der Waals surface area contributed by atoms with Crippen LogP contribution in [0.1, 0.15) is 11.3 Å². The fourth-order valence-corrected chi connectivity index (χ4v) is 2.67. The van der Waals surface area contributed by atoms with Gasteiger partial charge in [0.2, 0.25) is 16.0 Å². The molecule has 7 heteroatoms. The third kappa shape index (κ3) is 3.99. The second kappa shape index (κ2) is 6.19. The summed E-state index contributed by atoms with van der Waals surface area (Å²) >= 11 is 0. The van der Waals surface area contributed by atoms with Gasteiger partial charge in [-0.2, -0.15) is 0 Å². The molecule has 2 aromatic rings. The molecule has 0 radical (unpaired) electrons. The molecule has 0 aliphatic carbocycles. The molecular formula is C14H18N4O2S. The van der Waals surface area contributed by atoms with Gasteiger partial charge in [0.05, 0.1) is 17.1 Å². The fourth-order valence-electron chi connectivity index (χ4n) is 1.67. The zero-order chi connectivity index (χ0) is 15.5. The zero-order valence-electron chi connectivity index (χ0n) is 12.2. The van der Waals surface area contributed by atoms with Gasteiger partial charge in [-0.3, -0.25) is 0 Å². The Labute approximate surface area is 124 Å². The molecule has 1 N–H and O–H groups in total. The van der Waals surface area contributed by atoms with Crippen LogP contribution in [0.3, 0.4) is 0 Å². The number of aryl methyl sites for hydroxylation is 1. The first kappa shape index (κ1) is 15.4. The van der Waals surface area contributed by atoms with Crippen LogP contribution in [0.25, 0.3) is 0 Å². The molecule has 112 valence electrons. The Morgan fingerprint density at radius 1 is 1.14 bits per heavy atom. The molecule has 2 rings (SSSR count). The van der Waals surface area contributed by atoms with E-state index in [9.17, 15) is 8.42 Å². The lowest BCUT2D eigenvalue weighted by atomic mass is 10.2. The Bertz CT molecular complexity index is 712. The van der Waals surface area contributed by atoms with Crippen molar-refractivity contribution in [3.63, 3.8) is 0 Å². The van der Waals surface area contributed by atoms with Crippen LogP contribution >= 0.6 is 0 Å². The first-order valence-corrected chi connectivity index (χ1v) is 7.92. The van der Waals surface area contributed by atoms with Crippen molar-refractivity contribution in [3.8, 4) is 0 Å². The summed E-state index contributed by atoms with van der Waals surface area (Å²) < 4.78 is 26.9. The number of nitrogens with one attached hydrogen (secondary N) is 1. The Kier molecular flexibility index (Phi) is 4.54. The SMILES string of the molecule is Cc1ccc(S(=O)(=O)NCc2ccnc(N(C)C)n2)cc1. The molecule has 0 aliphatic heterocycles. The standard InChI is InChI=1S/C14H18N4O2S/c1-11-4-6-13(7-5-11)21(19,20)16-10-12-8-9-15-14(17-12)18(2)3/h4-9,16H,10H2,1-3H3. The second-order valence-corrected chi connectivity index (χ2v) is 6.65. The molecular weight excluding hydrogens is 288 g/mol. The maximum absolute atomic E-state index is 12.2. The number of benzene rings is 1. The number of aromatic nitrogens is 2. The summed E-state index contributed by atoms with van der Waals surface area (Å²) in [5, 5.41) is 0. The van der Waals surface area contributed by atoms with E-state index in [1.165, 1.54) is 0 Å². The third-order valence-electron chi connectivity index (χ3n) is 2.88. The second-order valence-electron chi connectivity index (χ2n) is 4.88. The highest BCUT2D eigenvalue weighted by atomic mass is 32.2. The topological polar surface area (TPSA) is 75.2 Å². The van der Waals surface area contributed by atoms with Crippen molar-refractivity contribution in [2.24, 2.45) is 0 Å². The van der Waals surface area contributed by atoms with Crippen molar-refractivity contribution < 1.29 is 8.42 Å². The molecule has 1 heterocycles. The molecule has 0 saturated carbocycles. The number of rotatable bonds is 5. The van der Waals surface area contributed by atoms with Crippen LogP contribution in [0.15, 0.2) is 41.4 Å². The van der Waals surface area contributed by atoms with Gasteiger partial charge in [0.25, 0.3) is 0 Å². The van der Waals surface area contributed by atoms with Gasteiger partial charge >= 0.3 is 0 Å². The number of hydrogen-bond acceptors (Lipinski definition) is 5. The highest BCUT2D eigenvalue weighted by molar-refractivity contribution is 7.89. The van der Waals surface area contributed by atoms with Crippen molar-refractivity contribution in [2.45, 2.75) is 18.4 Å². The number of sulfonamides is 1. The quantitative estimate of drug-likeness (QED) is 0.902. The Balaban J connectivity index is 2.11. The van der Waals surface area contributed by atoms with Crippen LogP contribution < -0.4 is 9.62 Å². The molecule has 1 aromatic heterocycles. The monoisotopic (exact) mass is 306 g/mol. The van der Waals surface area contributed by atoms with Crippen LogP contribution in [-0.2, 0) is 16.6 Å². The maximum atomic E-state index is 12.2. The largest absolute Gasteiger partial charge is 0.347 e. The number of anilines is 1. The predicted octanol–water partition coefficient (Wildman–Crippen LogP) is 1.33. The van der Waals surface area contributed by atoms with E-state index in [4.69, 9.17) is 0 Å². The first-order valence-electron chi connectivity index (χ1n) is 6.44. The van der Waals surface area contributed by atoms with E-state index < -0.39 is 10.0 Å². The average Bonchev–Trinajstić information content (AvgIpc) is 2.46. The zero-order valence-corrected chi connectivity index (χ0v) is 13.1. The maximum Gasteiger partial charge on any atom is 0.240 e. The highest BCUT2D eigenvalue weighted by Crippen LogP contribution is 2.11. The molecule has 6 nitrogen and oxygen atoms in total. The molecule has 0 bridgehead atoms. The summed E-state index contributed by atoms with van der Waals surface area (Å²) in [5.74, 6) is 0.544. The number of nitrogens with zero attached hydrogens (tertiary/aromatic N) is 3. The molecule has 0 spiro atoms. The van der Waals surface area contributed by atoms with Crippen molar-refractivity contribution in [3.05, 3.63) is 47.8 Å². The lowest BCUT2D eigenvalue weighted by Gasteiger charge is -2.11. The minimum Gasteiger partial charge on any atom is -0.347 e. The van der Waals surface area contributed by atoms with Crippen LogP contribution in [-0.4, -0.2) is 32.5 Å². The Hall–Kier alpha value is -1.99. The van der Waals surface area contributed by atoms with Gasteiger partial charge in [0.1, 0.15) is 0 Å². The summed E-state index contributed by atoms with van der Waals surface area (Å²) in [4.78, 5) is 10.4. The van der Waals surface area contributed by atoms with Crippen molar-refractivity contribution in [1.29, 1.82) is 0 Å². The van der Waals surface area contributed by atoms with Gasteiger partial charge in [0, 0.05) is 20.3 Å². The van der Waals surface area contributed by atoms with E-state index in [-0.39, 0.29) is 11.4 Å².